The molecule has 2 rings (SSSR count). The number of alkyl halides is 1. The Kier molecular flexibility index (Phi) is 5.04. The lowest BCUT2D eigenvalue weighted by molar-refractivity contribution is 0.443. The van der Waals surface area contributed by atoms with E-state index in [1.807, 2.05) is 12.1 Å². The van der Waals surface area contributed by atoms with Crippen LogP contribution in [-0.2, 0) is 9.84 Å². The van der Waals surface area contributed by atoms with Crippen molar-refractivity contribution in [2.24, 2.45) is 0 Å². The maximum absolute atomic E-state index is 11.9. The summed E-state index contributed by atoms with van der Waals surface area (Å²) >= 11 is 6.44. The summed E-state index contributed by atoms with van der Waals surface area (Å²) in [5, 5.41) is -0.534. The van der Waals surface area contributed by atoms with Gasteiger partial charge in [-0.05, 0) is 43.7 Å². The highest BCUT2D eigenvalue weighted by Crippen LogP contribution is 2.39. The lowest BCUT2D eigenvalue weighted by Crippen LogP contribution is -2.35. The molecule has 1 atom stereocenters. The molecule has 1 aromatic rings. The number of halogens is 1. The van der Waals surface area contributed by atoms with Gasteiger partial charge in [0.1, 0.15) is 0 Å². The normalized spacial score (nSPS) is 19.4. The van der Waals surface area contributed by atoms with Crippen LogP contribution in [0.4, 0.5) is 0 Å². The van der Waals surface area contributed by atoms with E-state index in [0.29, 0.717) is 5.92 Å². The SMILES string of the molecule is CC(C)(C(Cl)c1ccc(C2CCCCC2)cc1)S(C)(=O)=O. The van der Waals surface area contributed by atoms with Gasteiger partial charge in [-0.25, -0.2) is 8.42 Å². The zero-order valence-corrected chi connectivity index (χ0v) is 14.7. The first kappa shape index (κ1) is 16.8. The standard InChI is InChI=1S/C17H25ClO2S/c1-17(2,21(3,19)20)16(18)15-11-9-14(10-12-15)13-7-5-4-6-8-13/h9-13,16H,4-8H2,1-3H3. The zero-order valence-electron chi connectivity index (χ0n) is 13.1. The van der Waals surface area contributed by atoms with Gasteiger partial charge >= 0.3 is 0 Å². The third-order valence-corrected chi connectivity index (χ3v) is 7.95. The minimum Gasteiger partial charge on any atom is -0.229 e. The van der Waals surface area contributed by atoms with E-state index in [0.717, 1.165) is 5.56 Å². The van der Waals surface area contributed by atoms with Crippen LogP contribution in [0.1, 0.15) is 68.4 Å². The molecule has 118 valence electrons. The summed E-state index contributed by atoms with van der Waals surface area (Å²) < 4.78 is 22.8. The van der Waals surface area contributed by atoms with Crippen molar-refractivity contribution in [2.45, 2.75) is 62.0 Å². The van der Waals surface area contributed by atoms with Gasteiger partial charge in [-0.3, -0.25) is 0 Å². The molecular formula is C17H25ClO2S. The quantitative estimate of drug-likeness (QED) is 0.741. The summed E-state index contributed by atoms with van der Waals surface area (Å²) in [5.41, 5.74) is 2.24. The van der Waals surface area contributed by atoms with Gasteiger partial charge < -0.3 is 0 Å². The smallest absolute Gasteiger partial charge is 0.154 e. The van der Waals surface area contributed by atoms with E-state index >= 15 is 0 Å². The highest BCUT2D eigenvalue weighted by atomic mass is 35.5. The summed E-state index contributed by atoms with van der Waals surface area (Å²) in [5.74, 6) is 0.657. The molecule has 0 heterocycles. The number of hydrogen-bond donors (Lipinski definition) is 0. The Morgan fingerprint density at radius 1 is 1.10 bits per heavy atom. The summed E-state index contributed by atoms with van der Waals surface area (Å²) in [4.78, 5) is 0. The van der Waals surface area contributed by atoms with Crippen molar-refractivity contribution < 1.29 is 8.42 Å². The van der Waals surface area contributed by atoms with E-state index in [4.69, 9.17) is 11.6 Å². The molecule has 1 aliphatic rings. The molecule has 0 aliphatic heterocycles. The van der Waals surface area contributed by atoms with E-state index in [-0.39, 0.29) is 0 Å². The van der Waals surface area contributed by atoms with Crippen molar-refractivity contribution in [1.29, 1.82) is 0 Å². The van der Waals surface area contributed by atoms with Gasteiger partial charge in [-0.15, -0.1) is 11.6 Å². The van der Waals surface area contributed by atoms with Crippen molar-refractivity contribution in [1.82, 2.24) is 0 Å². The van der Waals surface area contributed by atoms with Crippen LogP contribution in [0.15, 0.2) is 24.3 Å². The monoisotopic (exact) mass is 328 g/mol. The molecule has 0 saturated heterocycles. The second kappa shape index (κ2) is 6.29. The third-order valence-electron chi connectivity index (χ3n) is 4.87. The average Bonchev–Trinajstić information content (AvgIpc) is 2.46. The highest BCUT2D eigenvalue weighted by Gasteiger charge is 2.38. The van der Waals surface area contributed by atoms with Crippen LogP contribution in [0.2, 0.25) is 0 Å². The molecule has 1 fully saturated rings. The van der Waals surface area contributed by atoms with Gasteiger partial charge in [0.15, 0.2) is 9.84 Å². The molecule has 0 bridgehead atoms. The molecule has 0 aromatic heterocycles. The Morgan fingerprint density at radius 3 is 2.10 bits per heavy atom. The average molecular weight is 329 g/mol. The van der Waals surface area contributed by atoms with E-state index in [9.17, 15) is 8.42 Å². The van der Waals surface area contributed by atoms with Gasteiger partial charge in [0.05, 0.1) is 10.1 Å². The minimum absolute atomic E-state index is 0.534. The Balaban J connectivity index is 2.18. The van der Waals surface area contributed by atoms with Gasteiger partial charge in [0.25, 0.3) is 0 Å². The second-order valence-corrected chi connectivity index (χ2v) is 9.77. The number of hydrogen-bond acceptors (Lipinski definition) is 2. The lowest BCUT2D eigenvalue weighted by Gasteiger charge is -2.29. The first-order valence-corrected chi connectivity index (χ1v) is 10.00. The van der Waals surface area contributed by atoms with Crippen molar-refractivity contribution in [3.63, 3.8) is 0 Å². The molecule has 2 nitrogen and oxygen atoms in total. The molecule has 0 amide bonds. The topological polar surface area (TPSA) is 34.1 Å². The van der Waals surface area contributed by atoms with E-state index < -0.39 is 20.0 Å². The van der Waals surface area contributed by atoms with Gasteiger partial charge in [0, 0.05) is 6.26 Å². The van der Waals surface area contributed by atoms with Crippen LogP contribution in [0.25, 0.3) is 0 Å². The molecular weight excluding hydrogens is 304 g/mol. The Labute approximate surface area is 133 Å². The predicted octanol–water partition coefficient (Wildman–Crippen LogP) is 4.84. The van der Waals surface area contributed by atoms with Crippen LogP contribution >= 0.6 is 11.6 Å². The van der Waals surface area contributed by atoms with Crippen LogP contribution < -0.4 is 0 Å². The first-order chi connectivity index (χ1) is 9.73. The second-order valence-electron chi connectivity index (χ2n) is 6.74. The number of sulfone groups is 1. The van der Waals surface area contributed by atoms with Crippen molar-refractivity contribution in [3.05, 3.63) is 35.4 Å². The van der Waals surface area contributed by atoms with Crippen LogP contribution in [0.5, 0.6) is 0 Å². The maximum Gasteiger partial charge on any atom is 0.154 e. The van der Waals surface area contributed by atoms with E-state index in [2.05, 4.69) is 12.1 Å². The van der Waals surface area contributed by atoms with Crippen molar-refractivity contribution in [2.75, 3.05) is 6.26 Å². The highest BCUT2D eigenvalue weighted by molar-refractivity contribution is 7.92. The molecule has 1 saturated carbocycles. The molecule has 0 N–H and O–H groups in total. The molecule has 4 heteroatoms. The van der Waals surface area contributed by atoms with Crippen LogP contribution in [0, 0.1) is 0 Å². The minimum atomic E-state index is -3.21. The molecule has 1 aliphatic carbocycles. The van der Waals surface area contributed by atoms with Gasteiger partial charge in [-0.1, -0.05) is 43.5 Å². The molecule has 0 spiro atoms. The first-order valence-electron chi connectivity index (χ1n) is 7.67. The van der Waals surface area contributed by atoms with E-state index in [1.165, 1.54) is 43.9 Å². The fourth-order valence-electron chi connectivity index (χ4n) is 2.96. The number of benzene rings is 1. The maximum atomic E-state index is 11.9. The predicted molar refractivity (Wildman–Crippen MR) is 89.8 cm³/mol. The molecule has 1 unspecified atom stereocenters. The lowest BCUT2D eigenvalue weighted by atomic mass is 9.83. The summed E-state index contributed by atoms with van der Waals surface area (Å²) in [6, 6.07) is 8.24. The van der Waals surface area contributed by atoms with Crippen LogP contribution in [-0.4, -0.2) is 19.4 Å². The molecule has 0 radical (unpaired) electrons. The fourth-order valence-corrected chi connectivity index (χ4v) is 4.11. The van der Waals surface area contributed by atoms with Gasteiger partial charge in [0.2, 0.25) is 0 Å². The summed E-state index contributed by atoms with van der Waals surface area (Å²) in [6.45, 7) is 3.38. The third kappa shape index (κ3) is 3.62. The largest absolute Gasteiger partial charge is 0.229 e. The zero-order chi connectivity index (χ0) is 15.7. The van der Waals surface area contributed by atoms with Crippen molar-refractivity contribution >= 4 is 21.4 Å². The van der Waals surface area contributed by atoms with Crippen molar-refractivity contribution in [3.8, 4) is 0 Å². The Morgan fingerprint density at radius 2 is 1.62 bits per heavy atom. The summed E-state index contributed by atoms with van der Waals surface area (Å²) in [6.07, 6.45) is 7.74. The van der Waals surface area contributed by atoms with Crippen LogP contribution in [0.3, 0.4) is 0 Å². The molecule has 1 aromatic carbocycles. The molecule has 21 heavy (non-hydrogen) atoms. The Hall–Kier alpha value is -0.540. The number of rotatable bonds is 4. The van der Waals surface area contributed by atoms with Gasteiger partial charge in [-0.2, -0.15) is 0 Å². The fraction of sp³-hybridized carbons (Fsp3) is 0.647. The Bertz CT molecular complexity index is 569. The summed E-state index contributed by atoms with van der Waals surface area (Å²) in [7, 11) is -3.21. The van der Waals surface area contributed by atoms with E-state index in [1.54, 1.807) is 13.8 Å².